The molecule has 0 amide bonds. The van der Waals surface area contributed by atoms with Crippen LogP contribution in [-0.4, -0.2) is 33.1 Å². The van der Waals surface area contributed by atoms with Gasteiger partial charge in [0.15, 0.2) is 0 Å². The minimum absolute atomic E-state index is 0.0508. The lowest BCUT2D eigenvalue weighted by atomic mass is 9.44. The molecule has 2 saturated carbocycles. The lowest BCUT2D eigenvalue weighted by Crippen LogP contribution is -2.54. The van der Waals surface area contributed by atoms with Gasteiger partial charge in [-0.25, -0.2) is 0 Å². The zero-order valence-electron chi connectivity index (χ0n) is 23.2. The van der Waals surface area contributed by atoms with E-state index in [0.717, 1.165) is 32.1 Å². The highest BCUT2D eigenvalue weighted by atomic mass is 16.3. The summed E-state index contributed by atoms with van der Waals surface area (Å²) in [7, 11) is 0. The van der Waals surface area contributed by atoms with Gasteiger partial charge in [-0.05, 0) is 115 Å². The van der Waals surface area contributed by atoms with Crippen molar-refractivity contribution < 1.29 is 15.3 Å². The standard InChI is InChI=1S/C31H52O3/c1-9-31(8,34)26(33)13-10-20(2)21-14-18-30(7)23-11-12-24-27(3,4)25(32)16-17-28(24,5)22(23)15-19-29(21,30)6/h11,15,20-21,24-26,32-34H,9-10,12-14,16-19H2,1-8H3/t20-,21-,24+,25+,26+,28-,29-,30+,31-/m1/s1. The minimum atomic E-state index is -0.990. The van der Waals surface area contributed by atoms with Crippen LogP contribution in [0.25, 0.3) is 0 Å². The van der Waals surface area contributed by atoms with Crippen LogP contribution in [0.3, 0.4) is 0 Å². The Bertz CT molecular complexity index is 853. The van der Waals surface area contributed by atoms with E-state index in [1.165, 1.54) is 12.8 Å². The maximum absolute atomic E-state index is 10.8. The first-order valence-electron chi connectivity index (χ1n) is 14.2. The molecule has 194 valence electrons. The Morgan fingerprint density at radius 1 is 1.03 bits per heavy atom. The van der Waals surface area contributed by atoms with Crippen molar-refractivity contribution in [1.29, 1.82) is 0 Å². The predicted molar refractivity (Wildman–Crippen MR) is 140 cm³/mol. The monoisotopic (exact) mass is 472 g/mol. The Morgan fingerprint density at radius 3 is 2.35 bits per heavy atom. The fourth-order valence-electron chi connectivity index (χ4n) is 9.11. The van der Waals surface area contributed by atoms with Gasteiger partial charge in [-0.1, -0.05) is 60.6 Å². The second kappa shape index (κ2) is 8.45. The van der Waals surface area contributed by atoms with Crippen molar-refractivity contribution in [3.63, 3.8) is 0 Å². The van der Waals surface area contributed by atoms with Gasteiger partial charge in [-0.15, -0.1) is 0 Å². The van der Waals surface area contributed by atoms with Gasteiger partial charge >= 0.3 is 0 Å². The van der Waals surface area contributed by atoms with Gasteiger partial charge in [0.25, 0.3) is 0 Å². The zero-order chi connectivity index (χ0) is 25.3. The highest BCUT2D eigenvalue weighted by molar-refractivity contribution is 5.49. The van der Waals surface area contributed by atoms with Crippen molar-refractivity contribution in [3.8, 4) is 0 Å². The molecule has 3 N–H and O–H groups in total. The second-order valence-electron chi connectivity index (χ2n) is 14.2. The highest BCUT2D eigenvalue weighted by Crippen LogP contribution is 2.71. The van der Waals surface area contributed by atoms with Gasteiger partial charge in [0.05, 0.1) is 17.8 Å². The molecule has 4 rings (SSSR count). The van der Waals surface area contributed by atoms with Crippen LogP contribution in [0.5, 0.6) is 0 Å². The first-order valence-corrected chi connectivity index (χ1v) is 14.2. The number of aliphatic hydroxyl groups excluding tert-OH is 2. The van der Waals surface area contributed by atoms with E-state index in [-0.39, 0.29) is 27.8 Å². The van der Waals surface area contributed by atoms with E-state index in [9.17, 15) is 15.3 Å². The first-order chi connectivity index (χ1) is 15.6. The summed E-state index contributed by atoms with van der Waals surface area (Å²) >= 11 is 0. The molecule has 3 nitrogen and oxygen atoms in total. The molecule has 0 radical (unpaired) electrons. The molecule has 9 atom stereocenters. The normalized spacial score (nSPS) is 44.6. The van der Waals surface area contributed by atoms with E-state index in [4.69, 9.17) is 0 Å². The van der Waals surface area contributed by atoms with Crippen molar-refractivity contribution in [3.05, 3.63) is 23.3 Å². The van der Waals surface area contributed by atoms with Gasteiger partial charge in [-0.2, -0.15) is 0 Å². The largest absolute Gasteiger partial charge is 0.393 e. The summed E-state index contributed by atoms with van der Waals surface area (Å²) in [5, 5.41) is 31.9. The number of hydrogen-bond acceptors (Lipinski definition) is 3. The third-order valence-corrected chi connectivity index (χ3v) is 12.3. The fourth-order valence-corrected chi connectivity index (χ4v) is 9.11. The molecule has 0 saturated heterocycles. The van der Waals surface area contributed by atoms with E-state index >= 15 is 0 Å². The van der Waals surface area contributed by atoms with E-state index in [1.54, 1.807) is 18.1 Å². The number of rotatable bonds is 6. The van der Waals surface area contributed by atoms with Crippen LogP contribution >= 0.6 is 0 Å². The highest BCUT2D eigenvalue weighted by Gasteiger charge is 2.63. The molecule has 0 spiro atoms. The molecule has 4 aliphatic rings. The average molecular weight is 473 g/mol. The molecular formula is C31H52O3. The van der Waals surface area contributed by atoms with E-state index in [0.29, 0.717) is 30.6 Å². The Hall–Kier alpha value is -0.640. The summed E-state index contributed by atoms with van der Waals surface area (Å²) in [4.78, 5) is 0. The summed E-state index contributed by atoms with van der Waals surface area (Å²) in [5.74, 6) is 1.65. The predicted octanol–water partition coefficient (Wildman–Crippen LogP) is 6.81. The summed E-state index contributed by atoms with van der Waals surface area (Å²) in [6.45, 7) is 18.2. The fraction of sp³-hybridized carbons (Fsp3) is 0.871. The topological polar surface area (TPSA) is 60.7 Å². The van der Waals surface area contributed by atoms with Crippen LogP contribution in [0.15, 0.2) is 23.3 Å². The molecule has 0 aromatic heterocycles. The molecular weight excluding hydrogens is 420 g/mol. The van der Waals surface area contributed by atoms with Crippen molar-refractivity contribution >= 4 is 0 Å². The molecule has 3 heteroatoms. The van der Waals surface area contributed by atoms with Gasteiger partial charge in [0.2, 0.25) is 0 Å². The van der Waals surface area contributed by atoms with Crippen LogP contribution < -0.4 is 0 Å². The summed E-state index contributed by atoms with van der Waals surface area (Å²) < 4.78 is 0. The number of allylic oxidation sites excluding steroid dienone is 4. The lowest BCUT2D eigenvalue weighted by Gasteiger charge is -2.61. The Morgan fingerprint density at radius 2 is 1.71 bits per heavy atom. The molecule has 0 aromatic carbocycles. The van der Waals surface area contributed by atoms with Crippen LogP contribution in [0.1, 0.15) is 113 Å². The van der Waals surface area contributed by atoms with Crippen molar-refractivity contribution in [2.24, 2.45) is 39.4 Å². The molecule has 0 unspecified atom stereocenters. The maximum atomic E-state index is 10.8. The van der Waals surface area contributed by atoms with Crippen molar-refractivity contribution in [1.82, 2.24) is 0 Å². The Kier molecular flexibility index (Phi) is 6.57. The van der Waals surface area contributed by atoms with Crippen LogP contribution in [0, 0.1) is 39.4 Å². The van der Waals surface area contributed by atoms with Crippen LogP contribution in [-0.2, 0) is 0 Å². The van der Waals surface area contributed by atoms with Gasteiger partial charge in [0.1, 0.15) is 0 Å². The van der Waals surface area contributed by atoms with Crippen molar-refractivity contribution in [2.75, 3.05) is 0 Å². The minimum Gasteiger partial charge on any atom is -0.393 e. The number of fused-ring (bicyclic) bond motifs is 5. The van der Waals surface area contributed by atoms with Crippen LogP contribution in [0.2, 0.25) is 0 Å². The second-order valence-corrected chi connectivity index (χ2v) is 14.2. The molecule has 0 aromatic rings. The molecule has 34 heavy (non-hydrogen) atoms. The molecule has 4 aliphatic carbocycles. The van der Waals surface area contributed by atoms with E-state index in [2.05, 4.69) is 53.7 Å². The molecule has 0 bridgehead atoms. The first kappa shape index (κ1) is 26.4. The van der Waals surface area contributed by atoms with Gasteiger partial charge in [0, 0.05) is 0 Å². The lowest BCUT2D eigenvalue weighted by molar-refractivity contribution is -0.0853. The smallest absolute Gasteiger partial charge is 0.0874 e. The SMILES string of the molecule is CC[C@@](C)(O)[C@@H](O)CC[C@@H](C)[C@H]1CC[C@@]2(C)C3=CC[C@H]4C(C)(C)[C@@H](O)CC[C@]4(C)C3=CC[C@]12C. The average Bonchev–Trinajstić information content (AvgIpc) is 3.06. The molecule has 0 aliphatic heterocycles. The van der Waals surface area contributed by atoms with E-state index < -0.39 is 11.7 Å². The van der Waals surface area contributed by atoms with Gasteiger partial charge in [-0.3, -0.25) is 0 Å². The van der Waals surface area contributed by atoms with Crippen LogP contribution in [0.4, 0.5) is 0 Å². The number of aliphatic hydroxyl groups is 3. The maximum Gasteiger partial charge on any atom is 0.0874 e. The number of hydrogen-bond donors (Lipinski definition) is 3. The zero-order valence-corrected chi connectivity index (χ0v) is 23.2. The molecule has 2 fully saturated rings. The summed E-state index contributed by atoms with van der Waals surface area (Å²) in [6.07, 6.45) is 13.2. The Balaban J connectivity index is 1.59. The van der Waals surface area contributed by atoms with E-state index in [1.807, 2.05) is 6.92 Å². The summed E-state index contributed by atoms with van der Waals surface area (Å²) in [6, 6.07) is 0. The quantitative estimate of drug-likeness (QED) is 0.398. The van der Waals surface area contributed by atoms with Gasteiger partial charge < -0.3 is 15.3 Å². The van der Waals surface area contributed by atoms with Crippen molar-refractivity contribution in [2.45, 2.75) is 131 Å². The molecule has 0 heterocycles. The summed E-state index contributed by atoms with van der Waals surface area (Å²) in [5.41, 5.74) is 2.77. The third kappa shape index (κ3) is 3.62. The third-order valence-electron chi connectivity index (χ3n) is 12.3. The Labute approximate surface area is 209 Å².